The van der Waals surface area contributed by atoms with Crippen molar-refractivity contribution < 1.29 is 0 Å². The van der Waals surface area contributed by atoms with Crippen LogP contribution in [0, 0.1) is 0 Å². The Balaban J connectivity index is 1.59. The van der Waals surface area contributed by atoms with E-state index in [1.807, 2.05) is 0 Å². The molecule has 0 N–H and O–H groups in total. The number of para-hydroxylation sites is 1. The van der Waals surface area contributed by atoms with Gasteiger partial charge >= 0.3 is 0 Å². The van der Waals surface area contributed by atoms with E-state index in [4.69, 9.17) is 0 Å². The second-order valence-corrected chi connectivity index (χ2v) is 6.79. The van der Waals surface area contributed by atoms with Crippen molar-refractivity contribution in [2.75, 3.05) is 4.90 Å². The fourth-order valence-corrected chi connectivity index (χ4v) is 3.78. The molecular formula is C24H25N. The molecule has 1 aromatic rings. The smallest absolute Gasteiger partial charge is 0.0560 e. The molecule has 0 bridgehead atoms. The van der Waals surface area contributed by atoms with E-state index in [2.05, 4.69) is 89.9 Å². The quantitative estimate of drug-likeness (QED) is 0.631. The second kappa shape index (κ2) is 7.57. The fourth-order valence-electron chi connectivity index (χ4n) is 3.78. The topological polar surface area (TPSA) is 3.24 Å². The van der Waals surface area contributed by atoms with Crippen LogP contribution in [0.4, 0.5) is 5.69 Å². The van der Waals surface area contributed by atoms with Gasteiger partial charge in [-0.3, -0.25) is 0 Å². The Morgan fingerprint density at radius 1 is 0.880 bits per heavy atom. The van der Waals surface area contributed by atoms with E-state index in [0.717, 1.165) is 32.1 Å². The molecule has 0 amide bonds. The lowest BCUT2D eigenvalue weighted by Crippen LogP contribution is -2.33. The highest BCUT2D eigenvalue weighted by Gasteiger charge is 2.21. The van der Waals surface area contributed by atoms with Crippen LogP contribution in [0.1, 0.15) is 32.1 Å². The van der Waals surface area contributed by atoms with Crippen LogP contribution in [0.25, 0.3) is 0 Å². The van der Waals surface area contributed by atoms with Crippen molar-refractivity contribution in [1.82, 2.24) is 0 Å². The van der Waals surface area contributed by atoms with Crippen LogP contribution in [-0.2, 0) is 0 Å². The molecule has 1 atom stereocenters. The predicted molar refractivity (Wildman–Crippen MR) is 107 cm³/mol. The maximum absolute atomic E-state index is 2.48. The average molecular weight is 327 g/mol. The van der Waals surface area contributed by atoms with Crippen LogP contribution in [-0.4, -0.2) is 6.04 Å². The Morgan fingerprint density at radius 2 is 1.80 bits per heavy atom. The number of hydrogen-bond acceptors (Lipinski definition) is 1. The molecule has 0 saturated heterocycles. The van der Waals surface area contributed by atoms with Crippen molar-refractivity contribution in [3.63, 3.8) is 0 Å². The molecule has 1 heteroatoms. The van der Waals surface area contributed by atoms with Gasteiger partial charge < -0.3 is 4.90 Å². The van der Waals surface area contributed by atoms with Crippen LogP contribution < -0.4 is 4.90 Å². The highest BCUT2D eigenvalue weighted by Crippen LogP contribution is 2.31. The van der Waals surface area contributed by atoms with Crippen LogP contribution >= 0.6 is 0 Å². The first-order chi connectivity index (χ1) is 12.4. The van der Waals surface area contributed by atoms with Crippen molar-refractivity contribution in [1.29, 1.82) is 0 Å². The highest BCUT2D eigenvalue weighted by molar-refractivity contribution is 5.58. The maximum atomic E-state index is 2.48. The SMILES string of the molecule is C1=CCCC(C2=CCC(N(C3=CCCC=C3)c3ccccc3)C=C2)=C1. The molecule has 1 nitrogen and oxygen atoms in total. The van der Waals surface area contributed by atoms with Gasteiger partial charge in [0.15, 0.2) is 0 Å². The Labute approximate surface area is 151 Å². The van der Waals surface area contributed by atoms with E-state index in [-0.39, 0.29) is 0 Å². The minimum Gasteiger partial charge on any atom is -0.335 e. The lowest BCUT2D eigenvalue weighted by molar-refractivity contribution is 0.749. The molecule has 0 fully saturated rings. The van der Waals surface area contributed by atoms with Gasteiger partial charge in [-0.1, -0.05) is 66.8 Å². The minimum atomic E-state index is 0.375. The molecule has 0 aromatic heterocycles. The Morgan fingerprint density at radius 3 is 2.48 bits per heavy atom. The predicted octanol–water partition coefficient (Wildman–Crippen LogP) is 6.26. The summed E-state index contributed by atoms with van der Waals surface area (Å²) in [6.07, 6.45) is 26.4. The molecule has 126 valence electrons. The molecule has 4 rings (SSSR count). The largest absolute Gasteiger partial charge is 0.335 e. The second-order valence-electron chi connectivity index (χ2n) is 6.79. The van der Waals surface area contributed by atoms with E-state index in [1.54, 1.807) is 0 Å². The van der Waals surface area contributed by atoms with Gasteiger partial charge in [-0.25, -0.2) is 0 Å². The van der Waals surface area contributed by atoms with E-state index in [9.17, 15) is 0 Å². The third-order valence-corrected chi connectivity index (χ3v) is 5.08. The Bertz CT molecular complexity index is 787. The molecule has 0 radical (unpaired) electrons. The van der Waals surface area contributed by atoms with Crippen molar-refractivity contribution in [2.45, 2.75) is 38.1 Å². The zero-order valence-electron chi connectivity index (χ0n) is 14.6. The molecule has 1 aromatic carbocycles. The van der Waals surface area contributed by atoms with Gasteiger partial charge in [-0.2, -0.15) is 0 Å². The zero-order chi connectivity index (χ0) is 16.9. The molecule has 0 aliphatic heterocycles. The summed E-state index contributed by atoms with van der Waals surface area (Å²) < 4.78 is 0. The number of rotatable bonds is 4. The van der Waals surface area contributed by atoms with Crippen molar-refractivity contribution >= 4 is 5.69 Å². The van der Waals surface area contributed by atoms with Gasteiger partial charge in [0.25, 0.3) is 0 Å². The van der Waals surface area contributed by atoms with Crippen molar-refractivity contribution in [3.8, 4) is 0 Å². The number of nitrogens with zero attached hydrogens (tertiary/aromatic N) is 1. The standard InChI is InChI=1S/C24H25N/c1-4-10-20(11-5-1)21-16-18-24(19-17-21)25(22-12-6-2-7-13-22)23-14-8-3-9-15-23/h1-2,4,6-8,10,12-18,24H,3,5,9,11,19H2. The van der Waals surface area contributed by atoms with Crippen LogP contribution in [0.3, 0.4) is 0 Å². The molecule has 1 unspecified atom stereocenters. The third kappa shape index (κ3) is 3.61. The van der Waals surface area contributed by atoms with Gasteiger partial charge in [-0.15, -0.1) is 0 Å². The van der Waals surface area contributed by atoms with Gasteiger partial charge in [0.1, 0.15) is 0 Å². The fraction of sp³-hybridized carbons (Fsp3) is 0.250. The van der Waals surface area contributed by atoms with E-state index in [1.165, 1.54) is 22.5 Å². The average Bonchev–Trinajstić information content (AvgIpc) is 2.71. The third-order valence-electron chi connectivity index (χ3n) is 5.08. The lowest BCUT2D eigenvalue weighted by atomic mass is 9.91. The molecule has 0 spiro atoms. The normalized spacial score (nSPS) is 22.2. The number of allylic oxidation sites excluding steroid dienone is 9. The monoisotopic (exact) mass is 327 g/mol. The number of anilines is 1. The molecule has 0 saturated carbocycles. The lowest BCUT2D eigenvalue weighted by Gasteiger charge is -2.35. The first kappa shape index (κ1) is 16.0. The molecule has 25 heavy (non-hydrogen) atoms. The Kier molecular flexibility index (Phi) is 4.83. The van der Waals surface area contributed by atoms with Gasteiger partial charge in [0, 0.05) is 11.4 Å². The van der Waals surface area contributed by atoms with Gasteiger partial charge in [-0.05, 0) is 61.5 Å². The zero-order valence-corrected chi connectivity index (χ0v) is 14.6. The van der Waals surface area contributed by atoms with Crippen LogP contribution in [0.2, 0.25) is 0 Å². The van der Waals surface area contributed by atoms with E-state index >= 15 is 0 Å². The summed E-state index contributed by atoms with van der Waals surface area (Å²) in [6.45, 7) is 0. The first-order valence-electron chi connectivity index (χ1n) is 9.37. The van der Waals surface area contributed by atoms with Crippen molar-refractivity contribution in [3.05, 3.63) is 102 Å². The van der Waals surface area contributed by atoms with Crippen LogP contribution in [0.15, 0.2) is 102 Å². The van der Waals surface area contributed by atoms with Crippen LogP contribution in [0.5, 0.6) is 0 Å². The highest BCUT2D eigenvalue weighted by atomic mass is 15.2. The number of benzene rings is 1. The maximum Gasteiger partial charge on any atom is 0.0560 e. The van der Waals surface area contributed by atoms with Crippen molar-refractivity contribution in [2.24, 2.45) is 0 Å². The van der Waals surface area contributed by atoms with E-state index in [0.29, 0.717) is 6.04 Å². The summed E-state index contributed by atoms with van der Waals surface area (Å²) >= 11 is 0. The summed E-state index contributed by atoms with van der Waals surface area (Å²) in [4.78, 5) is 2.48. The molecule has 3 aliphatic rings. The molecule has 3 aliphatic carbocycles. The van der Waals surface area contributed by atoms with Gasteiger partial charge in [0.05, 0.1) is 6.04 Å². The summed E-state index contributed by atoms with van der Waals surface area (Å²) in [5, 5.41) is 0. The summed E-state index contributed by atoms with van der Waals surface area (Å²) in [6, 6.07) is 11.1. The summed E-state index contributed by atoms with van der Waals surface area (Å²) in [5.41, 5.74) is 5.47. The minimum absolute atomic E-state index is 0.375. The molecular weight excluding hydrogens is 302 g/mol. The number of hydrogen-bond donors (Lipinski definition) is 0. The summed E-state index contributed by atoms with van der Waals surface area (Å²) in [7, 11) is 0. The van der Waals surface area contributed by atoms with Gasteiger partial charge in [0.2, 0.25) is 0 Å². The molecule has 0 heterocycles. The summed E-state index contributed by atoms with van der Waals surface area (Å²) in [5.74, 6) is 0. The Hall–Kier alpha value is -2.54. The van der Waals surface area contributed by atoms with E-state index < -0.39 is 0 Å². The first-order valence-corrected chi connectivity index (χ1v) is 9.37.